The quantitative estimate of drug-likeness (QED) is 0.458. The molecule has 1 aliphatic heterocycles. The number of hydrogen-bond acceptors (Lipinski definition) is 2. The first-order valence-corrected chi connectivity index (χ1v) is 3.56. The van der Waals surface area contributed by atoms with Crippen LogP contribution in [0.15, 0.2) is 0 Å². The summed E-state index contributed by atoms with van der Waals surface area (Å²) in [5.41, 5.74) is 0. The molecule has 1 fully saturated rings. The van der Waals surface area contributed by atoms with E-state index >= 15 is 0 Å². The second-order valence-corrected chi connectivity index (χ2v) is 2.68. The van der Waals surface area contributed by atoms with Crippen molar-refractivity contribution >= 4 is 0 Å². The lowest BCUT2D eigenvalue weighted by Crippen LogP contribution is -3.13. The van der Waals surface area contributed by atoms with Crippen LogP contribution in [0, 0.1) is 0 Å². The molecule has 0 amide bonds. The molecular formula is C6H16IN3. The standard InChI is InChI=1S/C6H15N3.HI/c1-8(2)9-5-3-7-4-6-9;/h7H,3-6H2,1-2H3;1H. The van der Waals surface area contributed by atoms with Crippen molar-refractivity contribution in [3.8, 4) is 0 Å². The summed E-state index contributed by atoms with van der Waals surface area (Å²) in [6.45, 7) is 4.65. The summed E-state index contributed by atoms with van der Waals surface area (Å²) in [6.07, 6.45) is 0. The summed E-state index contributed by atoms with van der Waals surface area (Å²) in [5.74, 6) is 0. The van der Waals surface area contributed by atoms with Gasteiger partial charge < -0.3 is 29.3 Å². The third kappa shape index (κ3) is 3.14. The Balaban J connectivity index is 0.000000810. The number of halogens is 1. The van der Waals surface area contributed by atoms with Crippen molar-refractivity contribution in [1.29, 1.82) is 0 Å². The summed E-state index contributed by atoms with van der Waals surface area (Å²) < 4.78 is 0. The molecule has 10 heavy (non-hydrogen) atoms. The van der Waals surface area contributed by atoms with Crippen LogP contribution >= 0.6 is 0 Å². The fourth-order valence-corrected chi connectivity index (χ4v) is 1.11. The molecular weight excluding hydrogens is 241 g/mol. The van der Waals surface area contributed by atoms with Crippen LogP contribution in [0.3, 0.4) is 0 Å². The summed E-state index contributed by atoms with van der Waals surface area (Å²) in [7, 11) is 4.34. The van der Waals surface area contributed by atoms with E-state index in [0.29, 0.717) is 0 Å². The van der Waals surface area contributed by atoms with Gasteiger partial charge in [-0.15, -0.1) is 0 Å². The topological polar surface area (TPSA) is 19.7 Å². The predicted molar refractivity (Wildman–Crippen MR) is 37.3 cm³/mol. The Morgan fingerprint density at radius 2 is 1.70 bits per heavy atom. The molecule has 1 aliphatic rings. The van der Waals surface area contributed by atoms with Crippen molar-refractivity contribution in [2.45, 2.75) is 0 Å². The van der Waals surface area contributed by atoms with E-state index in [9.17, 15) is 0 Å². The largest absolute Gasteiger partial charge is 1.00 e. The molecule has 3 nitrogen and oxygen atoms in total. The van der Waals surface area contributed by atoms with E-state index in [1.165, 1.54) is 18.1 Å². The maximum Gasteiger partial charge on any atom is 0.0841 e. The first-order valence-electron chi connectivity index (χ1n) is 3.56. The Morgan fingerprint density at radius 3 is 2.00 bits per heavy atom. The molecule has 0 aromatic heterocycles. The molecule has 62 valence electrons. The Kier molecular flexibility index (Phi) is 5.61. The van der Waals surface area contributed by atoms with Crippen molar-refractivity contribution in [2.75, 3.05) is 40.3 Å². The van der Waals surface area contributed by atoms with Gasteiger partial charge in [0.25, 0.3) is 0 Å². The van der Waals surface area contributed by atoms with E-state index in [2.05, 4.69) is 24.4 Å². The van der Waals surface area contributed by atoms with Gasteiger partial charge in [0.1, 0.15) is 0 Å². The molecule has 0 bridgehead atoms. The van der Waals surface area contributed by atoms with Crippen molar-refractivity contribution in [3.63, 3.8) is 0 Å². The highest BCUT2D eigenvalue weighted by Gasteiger charge is 2.13. The van der Waals surface area contributed by atoms with Gasteiger partial charge in [-0.25, -0.2) is 0 Å². The Hall–Kier alpha value is 0.610. The van der Waals surface area contributed by atoms with Crippen molar-refractivity contribution in [3.05, 3.63) is 0 Å². The highest BCUT2D eigenvalue weighted by molar-refractivity contribution is 4.58. The van der Waals surface area contributed by atoms with E-state index in [1.54, 1.807) is 0 Å². The van der Waals surface area contributed by atoms with E-state index in [1.807, 2.05) is 0 Å². The fraction of sp³-hybridized carbons (Fsp3) is 1.00. The second-order valence-electron chi connectivity index (χ2n) is 2.68. The number of quaternary nitrogens is 1. The van der Waals surface area contributed by atoms with E-state index in [-0.39, 0.29) is 24.0 Å². The Labute approximate surface area is 79.7 Å². The number of nitrogens with zero attached hydrogens (tertiary/aromatic N) is 1. The van der Waals surface area contributed by atoms with Gasteiger partial charge in [-0.3, -0.25) is 5.01 Å². The van der Waals surface area contributed by atoms with Crippen LogP contribution in [0.4, 0.5) is 0 Å². The second kappa shape index (κ2) is 5.29. The van der Waals surface area contributed by atoms with Crippen molar-refractivity contribution < 1.29 is 29.0 Å². The highest BCUT2D eigenvalue weighted by atomic mass is 127. The monoisotopic (exact) mass is 257 g/mol. The third-order valence-electron chi connectivity index (χ3n) is 1.75. The molecule has 1 saturated heterocycles. The first kappa shape index (κ1) is 10.6. The molecule has 0 aromatic rings. The van der Waals surface area contributed by atoms with Crippen LogP contribution in [0.1, 0.15) is 0 Å². The number of piperazine rings is 1. The summed E-state index contributed by atoms with van der Waals surface area (Å²) in [5, 5.41) is 7.17. The van der Waals surface area contributed by atoms with E-state index in [0.717, 1.165) is 13.1 Å². The van der Waals surface area contributed by atoms with Crippen LogP contribution in [0.2, 0.25) is 0 Å². The molecule has 0 unspecified atom stereocenters. The first-order chi connectivity index (χ1) is 4.30. The van der Waals surface area contributed by atoms with Crippen LogP contribution in [-0.2, 0) is 0 Å². The summed E-state index contributed by atoms with van der Waals surface area (Å²) >= 11 is 0. The van der Waals surface area contributed by atoms with Gasteiger partial charge in [-0.2, -0.15) is 5.01 Å². The van der Waals surface area contributed by atoms with Gasteiger partial charge in [0, 0.05) is 13.1 Å². The lowest BCUT2D eigenvalue weighted by Gasteiger charge is -2.28. The number of hydrogen-bond donors (Lipinski definition) is 2. The maximum atomic E-state index is 3.31. The molecule has 4 heteroatoms. The normalized spacial score (nSPS) is 20.7. The molecule has 0 spiro atoms. The fourth-order valence-electron chi connectivity index (χ4n) is 1.11. The zero-order chi connectivity index (χ0) is 6.69. The van der Waals surface area contributed by atoms with Crippen molar-refractivity contribution in [1.82, 2.24) is 10.3 Å². The average Bonchev–Trinajstić information content (AvgIpc) is 1.90. The smallest absolute Gasteiger partial charge is 0.0841 e. The third-order valence-corrected chi connectivity index (χ3v) is 1.75. The zero-order valence-electron chi connectivity index (χ0n) is 6.65. The molecule has 1 heterocycles. The maximum absolute atomic E-state index is 3.31. The van der Waals surface area contributed by atoms with Crippen LogP contribution in [-0.4, -0.2) is 45.3 Å². The average molecular weight is 257 g/mol. The van der Waals surface area contributed by atoms with E-state index in [4.69, 9.17) is 0 Å². The lowest BCUT2D eigenvalue weighted by molar-refractivity contribution is -0.982. The molecule has 0 saturated carbocycles. The minimum Gasteiger partial charge on any atom is -1.00 e. The molecule has 0 radical (unpaired) electrons. The van der Waals surface area contributed by atoms with Gasteiger partial charge in [-0.05, 0) is 0 Å². The number of rotatable bonds is 1. The van der Waals surface area contributed by atoms with Crippen molar-refractivity contribution in [2.24, 2.45) is 0 Å². The molecule has 0 aliphatic carbocycles. The lowest BCUT2D eigenvalue weighted by atomic mass is 10.4. The van der Waals surface area contributed by atoms with Gasteiger partial charge in [0.05, 0.1) is 27.2 Å². The van der Waals surface area contributed by atoms with Gasteiger partial charge >= 0.3 is 0 Å². The van der Waals surface area contributed by atoms with Crippen LogP contribution in [0.5, 0.6) is 0 Å². The predicted octanol–water partition coefficient (Wildman–Crippen LogP) is -5.04. The molecule has 0 aromatic carbocycles. The van der Waals surface area contributed by atoms with E-state index < -0.39 is 0 Å². The van der Waals surface area contributed by atoms with Gasteiger partial charge in [-0.1, -0.05) is 0 Å². The SMILES string of the molecule is C[NH+](C)N1CCNCC1.[I-]. The molecule has 0 atom stereocenters. The summed E-state index contributed by atoms with van der Waals surface area (Å²) in [4.78, 5) is 0. The highest BCUT2D eigenvalue weighted by Crippen LogP contribution is 1.79. The minimum atomic E-state index is 0. The zero-order valence-corrected chi connectivity index (χ0v) is 8.81. The Bertz CT molecular complexity index is 81.1. The molecule has 2 N–H and O–H groups in total. The van der Waals surface area contributed by atoms with Crippen LogP contribution in [0.25, 0.3) is 0 Å². The molecule has 1 rings (SSSR count). The summed E-state index contributed by atoms with van der Waals surface area (Å²) in [6, 6.07) is 0. The van der Waals surface area contributed by atoms with Crippen LogP contribution < -0.4 is 34.3 Å². The van der Waals surface area contributed by atoms with Gasteiger partial charge in [0.2, 0.25) is 0 Å². The Morgan fingerprint density at radius 1 is 1.20 bits per heavy atom. The van der Waals surface area contributed by atoms with Gasteiger partial charge in [0.15, 0.2) is 0 Å². The number of nitrogens with one attached hydrogen (secondary N) is 2. The minimum absolute atomic E-state index is 0.